The fourth-order valence-corrected chi connectivity index (χ4v) is 4.65. The van der Waals surface area contributed by atoms with Crippen LogP contribution in [0.1, 0.15) is 41.1 Å². The van der Waals surface area contributed by atoms with Gasteiger partial charge in [-0.05, 0) is 80.3 Å². The standard InChI is InChI=1S/C29H32N2O4/c1-18-6-11-23(12-7-18)31-27(32)15-13-24(29(33)30-22-10-8-19(2)20(3)16-22)28(31)21-9-14-25(34-4)26(17-21)35-5/h6-12,14,16-17,24,28H,13,15H2,1-5H3,(H,30,33)/t24-,28-/m1/s1. The molecule has 182 valence electrons. The lowest BCUT2D eigenvalue weighted by atomic mass is 9.83. The second kappa shape index (κ2) is 10.2. The predicted octanol–water partition coefficient (Wildman–Crippen LogP) is 5.75. The van der Waals surface area contributed by atoms with Gasteiger partial charge in [0.05, 0.1) is 26.2 Å². The number of benzene rings is 3. The van der Waals surface area contributed by atoms with Gasteiger partial charge in [-0.25, -0.2) is 0 Å². The van der Waals surface area contributed by atoms with Crippen molar-refractivity contribution >= 4 is 23.2 Å². The quantitative estimate of drug-likeness (QED) is 0.496. The Balaban J connectivity index is 1.77. The van der Waals surface area contributed by atoms with Crippen LogP contribution in [-0.2, 0) is 9.59 Å². The highest BCUT2D eigenvalue weighted by molar-refractivity contribution is 6.00. The topological polar surface area (TPSA) is 67.9 Å². The zero-order chi connectivity index (χ0) is 25.1. The van der Waals surface area contributed by atoms with Crippen LogP contribution < -0.4 is 19.7 Å². The maximum atomic E-state index is 13.7. The van der Waals surface area contributed by atoms with Gasteiger partial charge in [0.25, 0.3) is 0 Å². The summed E-state index contributed by atoms with van der Waals surface area (Å²) in [7, 11) is 3.16. The molecule has 0 spiro atoms. The van der Waals surface area contributed by atoms with E-state index in [0.717, 1.165) is 28.1 Å². The molecule has 0 unspecified atom stereocenters. The normalized spacial score (nSPS) is 17.7. The summed E-state index contributed by atoms with van der Waals surface area (Å²) in [5, 5.41) is 3.09. The summed E-state index contributed by atoms with van der Waals surface area (Å²) in [5.74, 6) is 0.576. The van der Waals surface area contributed by atoms with Gasteiger partial charge in [0.2, 0.25) is 11.8 Å². The molecule has 3 aromatic rings. The van der Waals surface area contributed by atoms with E-state index in [4.69, 9.17) is 9.47 Å². The summed E-state index contributed by atoms with van der Waals surface area (Å²) in [5.41, 5.74) is 5.72. The van der Waals surface area contributed by atoms with Crippen molar-refractivity contribution in [2.24, 2.45) is 5.92 Å². The van der Waals surface area contributed by atoms with Gasteiger partial charge in [-0.1, -0.05) is 29.8 Å². The maximum absolute atomic E-state index is 13.7. The Kier molecular flexibility index (Phi) is 7.10. The summed E-state index contributed by atoms with van der Waals surface area (Å²) in [6, 6.07) is 18.8. The first-order valence-corrected chi connectivity index (χ1v) is 11.8. The molecule has 1 fully saturated rings. The number of amides is 2. The first kappa shape index (κ1) is 24.3. The van der Waals surface area contributed by atoms with Crippen LogP contribution in [-0.4, -0.2) is 26.0 Å². The van der Waals surface area contributed by atoms with Crippen LogP contribution in [0, 0.1) is 26.7 Å². The third-order valence-electron chi connectivity index (χ3n) is 6.77. The molecule has 0 saturated carbocycles. The molecule has 1 heterocycles. The smallest absolute Gasteiger partial charge is 0.229 e. The molecule has 1 aliphatic rings. The Morgan fingerprint density at radius 2 is 1.60 bits per heavy atom. The molecule has 0 radical (unpaired) electrons. The number of carbonyl (C=O) groups excluding carboxylic acids is 2. The van der Waals surface area contributed by atoms with Crippen molar-refractivity contribution in [1.29, 1.82) is 0 Å². The molecule has 0 aliphatic carbocycles. The minimum atomic E-state index is -0.495. The monoisotopic (exact) mass is 472 g/mol. The van der Waals surface area contributed by atoms with Crippen molar-refractivity contribution in [1.82, 2.24) is 0 Å². The molecular weight excluding hydrogens is 440 g/mol. The lowest BCUT2D eigenvalue weighted by Gasteiger charge is -2.41. The number of rotatable bonds is 6. The number of hydrogen-bond donors (Lipinski definition) is 1. The number of hydrogen-bond acceptors (Lipinski definition) is 4. The van der Waals surface area contributed by atoms with E-state index in [2.05, 4.69) is 5.32 Å². The van der Waals surface area contributed by atoms with Crippen LogP contribution in [0.3, 0.4) is 0 Å². The van der Waals surface area contributed by atoms with Gasteiger partial charge in [0, 0.05) is 17.8 Å². The molecule has 0 bridgehead atoms. The van der Waals surface area contributed by atoms with Crippen LogP contribution in [0.15, 0.2) is 60.7 Å². The molecule has 2 amide bonds. The van der Waals surface area contributed by atoms with Gasteiger partial charge in [-0.2, -0.15) is 0 Å². The lowest BCUT2D eigenvalue weighted by molar-refractivity contribution is -0.125. The van der Waals surface area contributed by atoms with Crippen LogP contribution in [0.5, 0.6) is 11.5 Å². The molecule has 6 nitrogen and oxygen atoms in total. The van der Waals surface area contributed by atoms with Crippen molar-refractivity contribution in [3.8, 4) is 11.5 Å². The summed E-state index contributed by atoms with van der Waals surface area (Å²) in [6.07, 6.45) is 0.750. The van der Waals surface area contributed by atoms with Gasteiger partial charge in [-0.3, -0.25) is 9.59 Å². The van der Waals surface area contributed by atoms with Gasteiger partial charge >= 0.3 is 0 Å². The minimum absolute atomic E-state index is 0.0103. The fourth-order valence-electron chi connectivity index (χ4n) is 4.65. The molecule has 0 aromatic heterocycles. The summed E-state index contributed by atoms with van der Waals surface area (Å²) < 4.78 is 11.0. The van der Waals surface area contributed by atoms with Crippen LogP contribution >= 0.6 is 0 Å². The Bertz CT molecular complexity index is 1240. The van der Waals surface area contributed by atoms with Crippen molar-refractivity contribution < 1.29 is 19.1 Å². The van der Waals surface area contributed by atoms with Crippen molar-refractivity contribution in [2.45, 2.75) is 39.7 Å². The highest BCUT2D eigenvalue weighted by Crippen LogP contribution is 2.43. The second-order valence-electron chi connectivity index (χ2n) is 9.09. The highest BCUT2D eigenvalue weighted by Gasteiger charge is 2.41. The van der Waals surface area contributed by atoms with Gasteiger partial charge in [-0.15, -0.1) is 0 Å². The van der Waals surface area contributed by atoms with Gasteiger partial charge in [0.1, 0.15) is 0 Å². The van der Waals surface area contributed by atoms with E-state index in [1.165, 1.54) is 5.56 Å². The Morgan fingerprint density at radius 3 is 2.26 bits per heavy atom. The van der Waals surface area contributed by atoms with E-state index in [1.807, 2.05) is 81.4 Å². The van der Waals surface area contributed by atoms with Crippen molar-refractivity contribution in [3.05, 3.63) is 82.9 Å². The van der Waals surface area contributed by atoms with E-state index in [1.54, 1.807) is 19.1 Å². The largest absolute Gasteiger partial charge is 0.493 e. The molecule has 35 heavy (non-hydrogen) atoms. The van der Waals surface area contributed by atoms with E-state index >= 15 is 0 Å². The molecular formula is C29H32N2O4. The Morgan fingerprint density at radius 1 is 0.886 bits per heavy atom. The second-order valence-corrected chi connectivity index (χ2v) is 9.09. The van der Waals surface area contributed by atoms with E-state index in [9.17, 15) is 9.59 Å². The highest BCUT2D eigenvalue weighted by atomic mass is 16.5. The number of nitrogens with one attached hydrogen (secondary N) is 1. The predicted molar refractivity (Wildman–Crippen MR) is 138 cm³/mol. The average molecular weight is 473 g/mol. The van der Waals surface area contributed by atoms with Crippen molar-refractivity contribution in [3.63, 3.8) is 0 Å². The zero-order valence-electron chi connectivity index (χ0n) is 20.9. The number of aryl methyl sites for hydroxylation is 3. The first-order valence-electron chi connectivity index (χ1n) is 11.8. The molecule has 3 aromatic carbocycles. The van der Waals surface area contributed by atoms with Crippen LogP contribution in [0.2, 0.25) is 0 Å². The molecule has 1 saturated heterocycles. The lowest BCUT2D eigenvalue weighted by Crippen LogP contribution is -2.47. The molecule has 1 aliphatic heterocycles. The van der Waals surface area contributed by atoms with E-state index in [-0.39, 0.29) is 11.8 Å². The van der Waals surface area contributed by atoms with Crippen LogP contribution in [0.25, 0.3) is 0 Å². The summed E-state index contributed by atoms with van der Waals surface area (Å²) in [4.78, 5) is 28.7. The van der Waals surface area contributed by atoms with E-state index in [0.29, 0.717) is 24.3 Å². The average Bonchev–Trinajstić information content (AvgIpc) is 2.86. The number of nitrogens with zero attached hydrogens (tertiary/aromatic N) is 1. The number of methoxy groups -OCH3 is 2. The maximum Gasteiger partial charge on any atom is 0.229 e. The fraction of sp³-hybridized carbons (Fsp3) is 0.310. The van der Waals surface area contributed by atoms with Gasteiger partial charge < -0.3 is 19.7 Å². The molecule has 2 atom stereocenters. The zero-order valence-corrected chi connectivity index (χ0v) is 20.9. The number of anilines is 2. The molecule has 4 rings (SSSR count). The van der Waals surface area contributed by atoms with Crippen molar-refractivity contribution in [2.75, 3.05) is 24.4 Å². The number of piperidine rings is 1. The van der Waals surface area contributed by atoms with Crippen LogP contribution in [0.4, 0.5) is 11.4 Å². The summed E-state index contributed by atoms with van der Waals surface area (Å²) in [6.45, 7) is 6.07. The third kappa shape index (κ3) is 5.02. The first-order chi connectivity index (χ1) is 16.8. The summed E-state index contributed by atoms with van der Waals surface area (Å²) >= 11 is 0. The Labute approximate surface area is 206 Å². The molecule has 1 N–H and O–H groups in total. The Hall–Kier alpha value is -3.80. The van der Waals surface area contributed by atoms with Gasteiger partial charge in [0.15, 0.2) is 11.5 Å². The number of carbonyl (C=O) groups is 2. The SMILES string of the molecule is COc1ccc([C@@H]2[C@H](C(=O)Nc3ccc(C)c(C)c3)CCC(=O)N2c2ccc(C)cc2)cc1OC. The number of ether oxygens (including phenoxy) is 2. The van der Waals surface area contributed by atoms with E-state index < -0.39 is 12.0 Å². The molecule has 6 heteroatoms. The third-order valence-corrected chi connectivity index (χ3v) is 6.77. The minimum Gasteiger partial charge on any atom is -0.493 e.